The number of rotatable bonds is 0. The van der Waals surface area contributed by atoms with E-state index in [1.807, 2.05) is 0 Å². The maximum absolute atomic E-state index is 8.56. The Bertz CT molecular complexity index is 91.2. The molecular formula is C3H6N2O3. The number of nitrogens with zero attached hydrogens (tertiary/aromatic N) is 1. The van der Waals surface area contributed by atoms with Crippen molar-refractivity contribution < 1.29 is 15.0 Å². The summed E-state index contributed by atoms with van der Waals surface area (Å²) in [4.78, 5) is 8.56. The molecule has 4 N–H and O–H groups in total. The van der Waals surface area contributed by atoms with Crippen LogP contribution in [0.2, 0.25) is 0 Å². The summed E-state index contributed by atoms with van der Waals surface area (Å²) in [5, 5.41) is 21.4. The van der Waals surface area contributed by atoms with E-state index >= 15 is 0 Å². The molecule has 0 saturated heterocycles. The molecule has 5 nitrogen and oxygen atoms in total. The van der Waals surface area contributed by atoms with Crippen molar-refractivity contribution in [1.82, 2.24) is 0 Å². The van der Waals surface area contributed by atoms with Crippen LogP contribution in [-0.2, 0) is 0 Å². The fourth-order valence-electron chi connectivity index (χ4n) is 0. The smallest absolute Gasteiger partial charge is 0.450 e. The second-order valence-corrected chi connectivity index (χ2v) is 0.645. The zero-order chi connectivity index (χ0) is 6.99. The Morgan fingerprint density at radius 2 is 1.88 bits per heavy atom. The van der Waals surface area contributed by atoms with E-state index in [0.717, 1.165) is 0 Å². The average Bonchev–Trinajstić information content (AvgIpc) is 1.65. The Kier molecular flexibility index (Phi) is 11.4. The largest absolute Gasteiger partial charge is 0.503 e. The lowest BCUT2D eigenvalue weighted by Gasteiger charge is -1.60. The molecule has 0 unspecified atom stereocenters. The van der Waals surface area contributed by atoms with E-state index in [1.54, 1.807) is 6.07 Å². The molecule has 0 aromatic rings. The Morgan fingerprint density at radius 3 is 1.88 bits per heavy atom. The van der Waals surface area contributed by atoms with Gasteiger partial charge in [0.25, 0.3) is 0 Å². The van der Waals surface area contributed by atoms with Crippen molar-refractivity contribution in [3.63, 3.8) is 0 Å². The van der Waals surface area contributed by atoms with Gasteiger partial charge in [0.05, 0.1) is 12.6 Å². The van der Waals surface area contributed by atoms with Crippen molar-refractivity contribution in [3.05, 3.63) is 0 Å². The molecule has 0 spiro atoms. The van der Waals surface area contributed by atoms with Gasteiger partial charge >= 0.3 is 6.16 Å². The molecule has 0 atom stereocenters. The summed E-state index contributed by atoms with van der Waals surface area (Å²) in [7, 11) is 0. The van der Waals surface area contributed by atoms with Crippen LogP contribution in [0.5, 0.6) is 0 Å². The van der Waals surface area contributed by atoms with Crippen LogP contribution < -0.4 is 5.73 Å². The lowest BCUT2D eigenvalue weighted by atomic mass is 10.8. The number of carboxylic acid groups (broad SMARTS) is 2. The van der Waals surface area contributed by atoms with Crippen molar-refractivity contribution in [1.29, 1.82) is 5.26 Å². The molecule has 0 heterocycles. The van der Waals surface area contributed by atoms with E-state index < -0.39 is 6.16 Å². The lowest BCUT2D eigenvalue weighted by Crippen LogP contribution is -1.91. The number of hydrogen-bond acceptors (Lipinski definition) is 3. The first kappa shape index (κ1) is 9.87. The Balaban J connectivity index is 0. The first-order valence-electron chi connectivity index (χ1n) is 1.64. The Labute approximate surface area is 46.0 Å². The third kappa shape index (κ3) is 833. The summed E-state index contributed by atoms with van der Waals surface area (Å²) >= 11 is 0. The van der Waals surface area contributed by atoms with Gasteiger partial charge in [-0.3, -0.25) is 0 Å². The Morgan fingerprint density at radius 1 is 1.75 bits per heavy atom. The highest BCUT2D eigenvalue weighted by atomic mass is 16.6. The van der Waals surface area contributed by atoms with Crippen LogP contribution in [0.25, 0.3) is 0 Å². The molecule has 0 amide bonds. The highest BCUT2D eigenvalue weighted by molar-refractivity contribution is 5.53. The molecule has 0 aliphatic heterocycles. The van der Waals surface area contributed by atoms with E-state index in [-0.39, 0.29) is 6.54 Å². The van der Waals surface area contributed by atoms with E-state index in [2.05, 4.69) is 5.73 Å². The summed E-state index contributed by atoms with van der Waals surface area (Å²) in [6, 6.07) is 1.71. The van der Waals surface area contributed by atoms with Gasteiger partial charge < -0.3 is 15.9 Å². The molecule has 0 aliphatic carbocycles. The normalized spacial score (nSPS) is 5.50. The number of nitriles is 1. The molecule has 8 heavy (non-hydrogen) atoms. The summed E-state index contributed by atoms with van der Waals surface area (Å²) < 4.78 is 0. The van der Waals surface area contributed by atoms with Crippen LogP contribution >= 0.6 is 0 Å². The molecule has 0 saturated carbocycles. The van der Waals surface area contributed by atoms with Crippen LogP contribution in [0.4, 0.5) is 4.79 Å². The second-order valence-electron chi connectivity index (χ2n) is 0.645. The molecule has 0 fully saturated rings. The molecule has 0 rings (SSSR count). The summed E-state index contributed by atoms with van der Waals surface area (Å²) in [5.41, 5.74) is 4.67. The molecule has 5 heteroatoms. The fourth-order valence-corrected chi connectivity index (χ4v) is 0. The van der Waals surface area contributed by atoms with E-state index in [1.165, 1.54) is 0 Å². The average molecular weight is 118 g/mol. The first-order chi connectivity index (χ1) is 3.65. The predicted octanol–water partition coefficient (Wildman–Crippen LogP) is -0.309. The van der Waals surface area contributed by atoms with Gasteiger partial charge in [-0.05, 0) is 0 Å². The third-order valence-corrected chi connectivity index (χ3v) is 0.0913. The minimum absolute atomic E-state index is 0.125. The van der Waals surface area contributed by atoms with Crippen molar-refractivity contribution >= 4 is 6.16 Å². The summed E-state index contributed by atoms with van der Waals surface area (Å²) in [5.74, 6) is 0. The minimum atomic E-state index is -1.83. The van der Waals surface area contributed by atoms with Gasteiger partial charge in [-0.25, -0.2) is 4.79 Å². The maximum atomic E-state index is 8.56. The maximum Gasteiger partial charge on any atom is 0.503 e. The second kappa shape index (κ2) is 9.21. The van der Waals surface area contributed by atoms with Crippen molar-refractivity contribution in [2.75, 3.05) is 6.54 Å². The van der Waals surface area contributed by atoms with Gasteiger partial charge in [0.15, 0.2) is 0 Å². The molecule has 0 radical (unpaired) electrons. The lowest BCUT2D eigenvalue weighted by molar-refractivity contribution is 0.137. The van der Waals surface area contributed by atoms with Gasteiger partial charge in [0.2, 0.25) is 0 Å². The van der Waals surface area contributed by atoms with Crippen molar-refractivity contribution in [2.45, 2.75) is 0 Å². The van der Waals surface area contributed by atoms with E-state index in [9.17, 15) is 0 Å². The topological polar surface area (TPSA) is 107 Å². The number of carbonyl (C=O) groups is 1. The monoisotopic (exact) mass is 118 g/mol. The third-order valence-electron chi connectivity index (χ3n) is 0.0913. The number of hydrogen-bond donors (Lipinski definition) is 3. The minimum Gasteiger partial charge on any atom is -0.450 e. The number of nitrogens with two attached hydrogens (primary N) is 1. The Hall–Kier alpha value is -1.28. The molecular weight excluding hydrogens is 112 g/mol. The predicted molar refractivity (Wildman–Crippen MR) is 25.3 cm³/mol. The van der Waals surface area contributed by atoms with Crippen molar-refractivity contribution in [3.8, 4) is 6.07 Å². The van der Waals surface area contributed by atoms with Crippen molar-refractivity contribution in [2.24, 2.45) is 5.73 Å². The first-order valence-corrected chi connectivity index (χ1v) is 1.64. The van der Waals surface area contributed by atoms with Gasteiger partial charge in [-0.2, -0.15) is 5.26 Å². The highest BCUT2D eigenvalue weighted by Crippen LogP contribution is 1.42. The standard InChI is InChI=1S/C2H4N2.CH2O3/c3-1-2-4;2-1(3)4/h1,3H2;(H2,2,3,4). The zero-order valence-electron chi connectivity index (χ0n) is 4.03. The fraction of sp³-hybridized carbons (Fsp3) is 0.333. The van der Waals surface area contributed by atoms with Crippen LogP contribution in [0.15, 0.2) is 0 Å². The van der Waals surface area contributed by atoms with Gasteiger partial charge in [-0.1, -0.05) is 0 Å². The van der Waals surface area contributed by atoms with Gasteiger partial charge in [-0.15, -0.1) is 0 Å². The summed E-state index contributed by atoms with van der Waals surface area (Å²) in [6.07, 6.45) is -1.83. The van der Waals surface area contributed by atoms with E-state index in [4.69, 9.17) is 20.3 Å². The van der Waals surface area contributed by atoms with E-state index in [0.29, 0.717) is 0 Å². The summed E-state index contributed by atoms with van der Waals surface area (Å²) in [6.45, 7) is 0.125. The van der Waals surface area contributed by atoms with Crippen LogP contribution in [0.1, 0.15) is 0 Å². The zero-order valence-corrected chi connectivity index (χ0v) is 4.03. The van der Waals surface area contributed by atoms with Crippen LogP contribution in [-0.4, -0.2) is 22.9 Å². The molecule has 0 bridgehead atoms. The molecule has 0 aliphatic rings. The van der Waals surface area contributed by atoms with Crippen LogP contribution in [0.3, 0.4) is 0 Å². The quantitative estimate of drug-likeness (QED) is 0.378. The van der Waals surface area contributed by atoms with Gasteiger partial charge in [0.1, 0.15) is 0 Å². The highest BCUT2D eigenvalue weighted by Gasteiger charge is 1.70. The van der Waals surface area contributed by atoms with Gasteiger partial charge in [0, 0.05) is 0 Å². The molecule has 46 valence electrons. The van der Waals surface area contributed by atoms with Crippen LogP contribution in [0, 0.1) is 11.3 Å². The molecule has 0 aromatic heterocycles. The SMILES string of the molecule is N#CCN.O=C(O)O. The molecule has 0 aromatic carbocycles.